The maximum atomic E-state index is 12.7. The number of fused-ring (bicyclic) bond motifs is 1. The third-order valence-electron chi connectivity index (χ3n) is 4.45. The van der Waals surface area contributed by atoms with Crippen molar-refractivity contribution in [2.24, 2.45) is 5.41 Å². The van der Waals surface area contributed by atoms with E-state index in [4.69, 9.17) is 4.74 Å². The van der Waals surface area contributed by atoms with Gasteiger partial charge in [-0.05, 0) is 41.9 Å². The van der Waals surface area contributed by atoms with Crippen LogP contribution in [0.3, 0.4) is 0 Å². The van der Waals surface area contributed by atoms with Crippen LogP contribution in [0, 0.1) is 5.41 Å². The minimum atomic E-state index is -0.651. The monoisotopic (exact) mass is 330 g/mol. The number of anilines is 1. The summed E-state index contributed by atoms with van der Waals surface area (Å²) in [6, 6.07) is 5.40. The van der Waals surface area contributed by atoms with Crippen molar-refractivity contribution < 1.29 is 14.3 Å². The van der Waals surface area contributed by atoms with Gasteiger partial charge < -0.3 is 15.0 Å². The third kappa shape index (κ3) is 3.71. The number of ether oxygens (including phenoxy) is 1. The summed E-state index contributed by atoms with van der Waals surface area (Å²) in [5.41, 5.74) is 1.91. The second-order valence-electron chi connectivity index (χ2n) is 8.07. The second-order valence-corrected chi connectivity index (χ2v) is 8.07. The van der Waals surface area contributed by atoms with Gasteiger partial charge >= 0.3 is 0 Å². The fraction of sp³-hybridized carbons (Fsp3) is 0.579. The zero-order chi connectivity index (χ0) is 17.5. The van der Waals surface area contributed by atoms with Crippen molar-refractivity contribution in [3.63, 3.8) is 0 Å². The molecule has 3 rings (SSSR count). The van der Waals surface area contributed by atoms with E-state index in [0.29, 0.717) is 12.3 Å². The van der Waals surface area contributed by atoms with Gasteiger partial charge in [-0.1, -0.05) is 26.8 Å². The molecule has 1 saturated carbocycles. The summed E-state index contributed by atoms with van der Waals surface area (Å²) < 4.78 is 5.87. The number of carbonyl (C=O) groups excluding carboxylic acids is 2. The highest BCUT2D eigenvalue weighted by atomic mass is 16.5. The zero-order valence-electron chi connectivity index (χ0n) is 14.9. The van der Waals surface area contributed by atoms with E-state index < -0.39 is 6.04 Å². The Morgan fingerprint density at radius 1 is 1.33 bits per heavy atom. The summed E-state index contributed by atoms with van der Waals surface area (Å²) in [5, 5.41) is 2.83. The average molecular weight is 330 g/mol. The standard InChI is InChI=1S/C19H26N2O3/c1-19(2,3)10-17(22)20-14-11-24-16-9-13(12-5-6-12)7-8-15(16)21(4)18(14)23/h7-9,12,14H,5-6,10-11H2,1-4H3,(H,20,22)/t14-/m0/s1. The molecule has 5 heteroatoms. The predicted molar refractivity (Wildman–Crippen MR) is 93.3 cm³/mol. The van der Waals surface area contributed by atoms with Crippen molar-refractivity contribution in [3.8, 4) is 5.75 Å². The Morgan fingerprint density at radius 2 is 2.04 bits per heavy atom. The summed E-state index contributed by atoms with van der Waals surface area (Å²) in [5.74, 6) is 1.09. The number of hydrogen-bond acceptors (Lipinski definition) is 3. The van der Waals surface area contributed by atoms with E-state index in [-0.39, 0.29) is 23.8 Å². The smallest absolute Gasteiger partial charge is 0.252 e. The molecule has 1 atom stereocenters. The number of amides is 2. The molecule has 0 spiro atoms. The van der Waals surface area contributed by atoms with Gasteiger partial charge in [0.15, 0.2) is 0 Å². The molecule has 1 aromatic carbocycles. The number of nitrogens with zero attached hydrogens (tertiary/aromatic N) is 1. The van der Waals surface area contributed by atoms with Gasteiger partial charge in [-0.3, -0.25) is 9.59 Å². The molecule has 5 nitrogen and oxygen atoms in total. The van der Waals surface area contributed by atoms with E-state index in [2.05, 4.69) is 11.4 Å². The van der Waals surface area contributed by atoms with Gasteiger partial charge in [0.05, 0.1) is 5.69 Å². The molecule has 2 amide bonds. The molecule has 0 saturated heterocycles. The predicted octanol–water partition coefficient (Wildman–Crippen LogP) is 2.84. The molecule has 1 aliphatic heterocycles. The van der Waals surface area contributed by atoms with Gasteiger partial charge in [0, 0.05) is 13.5 Å². The molecule has 1 fully saturated rings. The molecule has 0 radical (unpaired) electrons. The maximum Gasteiger partial charge on any atom is 0.252 e. The van der Waals surface area contributed by atoms with E-state index >= 15 is 0 Å². The highest BCUT2D eigenvalue weighted by molar-refractivity contribution is 6.00. The van der Waals surface area contributed by atoms with Crippen molar-refractivity contribution in [2.45, 2.75) is 52.0 Å². The molecule has 130 valence electrons. The lowest BCUT2D eigenvalue weighted by molar-refractivity contribution is -0.129. The highest BCUT2D eigenvalue weighted by Crippen LogP contribution is 2.43. The van der Waals surface area contributed by atoms with Gasteiger partial charge in [-0.25, -0.2) is 0 Å². The quantitative estimate of drug-likeness (QED) is 0.927. The first-order chi connectivity index (χ1) is 11.2. The summed E-state index contributed by atoms with van der Waals surface area (Å²) in [6.07, 6.45) is 2.82. The fourth-order valence-electron chi connectivity index (χ4n) is 3.02. The zero-order valence-corrected chi connectivity index (χ0v) is 14.9. The summed E-state index contributed by atoms with van der Waals surface area (Å²) >= 11 is 0. The second kappa shape index (κ2) is 6.11. The van der Waals surface area contributed by atoms with Crippen LogP contribution in [0.15, 0.2) is 18.2 Å². The van der Waals surface area contributed by atoms with Crippen LogP contribution in [-0.2, 0) is 9.59 Å². The number of rotatable bonds is 3. The summed E-state index contributed by atoms with van der Waals surface area (Å²) in [7, 11) is 1.73. The Morgan fingerprint density at radius 3 is 2.67 bits per heavy atom. The van der Waals surface area contributed by atoms with Crippen LogP contribution in [0.1, 0.15) is 51.5 Å². The molecular formula is C19H26N2O3. The first-order valence-corrected chi connectivity index (χ1v) is 8.58. The van der Waals surface area contributed by atoms with E-state index in [1.807, 2.05) is 32.9 Å². The first kappa shape index (κ1) is 16.8. The topological polar surface area (TPSA) is 58.6 Å². The van der Waals surface area contributed by atoms with Gasteiger partial charge in [-0.2, -0.15) is 0 Å². The van der Waals surface area contributed by atoms with E-state index in [1.165, 1.54) is 18.4 Å². The minimum Gasteiger partial charge on any atom is -0.489 e. The number of benzene rings is 1. The van der Waals surface area contributed by atoms with E-state index in [0.717, 1.165) is 11.4 Å². The van der Waals surface area contributed by atoms with Crippen LogP contribution in [0.5, 0.6) is 5.75 Å². The van der Waals surface area contributed by atoms with Crippen LogP contribution in [-0.4, -0.2) is 31.5 Å². The number of hydrogen-bond donors (Lipinski definition) is 1. The van der Waals surface area contributed by atoms with Gasteiger partial charge in [0.2, 0.25) is 5.91 Å². The van der Waals surface area contributed by atoms with Crippen molar-refractivity contribution in [1.29, 1.82) is 0 Å². The highest BCUT2D eigenvalue weighted by Gasteiger charge is 2.32. The molecule has 0 aromatic heterocycles. The molecule has 0 unspecified atom stereocenters. The lowest BCUT2D eigenvalue weighted by Gasteiger charge is -2.22. The van der Waals surface area contributed by atoms with E-state index in [1.54, 1.807) is 11.9 Å². The van der Waals surface area contributed by atoms with Crippen LogP contribution < -0.4 is 15.0 Å². The van der Waals surface area contributed by atoms with Gasteiger partial charge in [0.25, 0.3) is 5.91 Å². The van der Waals surface area contributed by atoms with Crippen LogP contribution >= 0.6 is 0 Å². The molecule has 1 N–H and O–H groups in total. The first-order valence-electron chi connectivity index (χ1n) is 8.58. The summed E-state index contributed by atoms with van der Waals surface area (Å²) in [6.45, 7) is 6.16. The van der Waals surface area contributed by atoms with Gasteiger partial charge in [-0.15, -0.1) is 0 Å². The van der Waals surface area contributed by atoms with Crippen molar-refractivity contribution >= 4 is 17.5 Å². The van der Waals surface area contributed by atoms with E-state index in [9.17, 15) is 9.59 Å². The van der Waals surface area contributed by atoms with Crippen molar-refractivity contribution in [2.75, 3.05) is 18.6 Å². The average Bonchev–Trinajstić information content (AvgIpc) is 3.32. The normalized spacial score (nSPS) is 20.9. The lowest BCUT2D eigenvalue weighted by atomic mass is 9.92. The van der Waals surface area contributed by atoms with Crippen LogP contribution in [0.4, 0.5) is 5.69 Å². The van der Waals surface area contributed by atoms with Gasteiger partial charge in [0.1, 0.15) is 18.4 Å². The van der Waals surface area contributed by atoms with Crippen LogP contribution in [0.2, 0.25) is 0 Å². The molecule has 2 aliphatic rings. The number of carbonyl (C=O) groups is 2. The molecular weight excluding hydrogens is 304 g/mol. The Bertz CT molecular complexity index is 659. The largest absolute Gasteiger partial charge is 0.489 e. The Hall–Kier alpha value is -2.04. The van der Waals surface area contributed by atoms with Crippen molar-refractivity contribution in [1.82, 2.24) is 5.32 Å². The lowest BCUT2D eigenvalue weighted by Crippen LogP contribution is -2.49. The Labute approximate surface area is 143 Å². The Balaban J connectivity index is 1.75. The molecule has 1 heterocycles. The SMILES string of the molecule is CN1C(=O)[C@@H](NC(=O)CC(C)(C)C)COc2cc(C3CC3)ccc21. The molecule has 1 aromatic rings. The van der Waals surface area contributed by atoms with Crippen molar-refractivity contribution in [3.05, 3.63) is 23.8 Å². The number of nitrogens with one attached hydrogen (secondary N) is 1. The molecule has 0 bridgehead atoms. The third-order valence-corrected chi connectivity index (χ3v) is 4.45. The fourth-order valence-corrected chi connectivity index (χ4v) is 3.02. The number of likely N-dealkylation sites (N-methyl/N-ethyl adjacent to an activating group) is 1. The Kier molecular flexibility index (Phi) is 4.28. The molecule has 1 aliphatic carbocycles. The summed E-state index contributed by atoms with van der Waals surface area (Å²) in [4.78, 5) is 26.4. The molecule has 24 heavy (non-hydrogen) atoms. The minimum absolute atomic E-state index is 0.118. The maximum absolute atomic E-state index is 12.7. The van der Waals surface area contributed by atoms with Crippen LogP contribution in [0.25, 0.3) is 0 Å².